The van der Waals surface area contributed by atoms with Crippen molar-refractivity contribution in [3.8, 4) is 0 Å². The van der Waals surface area contributed by atoms with Gasteiger partial charge in [-0.05, 0) is 104 Å². The summed E-state index contributed by atoms with van der Waals surface area (Å²) in [6, 6.07) is 0. The summed E-state index contributed by atoms with van der Waals surface area (Å²) in [6.07, 6.45) is 13.5. The summed E-state index contributed by atoms with van der Waals surface area (Å²) in [5, 5.41) is 22.3. The number of fused-ring (bicyclic) bond motifs is 5. The fraction of sp³-hybridized carbons (Fsp3) is 0.926. The van der Waals surface area contributed by atoms with Crippen molar-refractivity contribution in [3.63, 3.8) is 0 Å². The van der Waals surface area contributed by atoms with Gasteiger partial charge in [-0.3, -0.25) is 0 Å². The largest absolute Gasteiger partial charge is 0.393 e. The summed E-state index contributed by atoms with van der Waals surface area (Å²) in [6.45, 7) is 14.0. The topological polar surface area (TPSA) is 40.5 Å². The van der Waals surface area contributed by atoms with Gasteiger partial charge in [0.25, 0.3) is 0 Å². The minimum atomic E-state index is -0.216. The van der Waals surface area contributed by atoms with Crippen LogP contribution in [0.4, 0.5) is 0 Å². The van der Waals surface area contributed by atoms with Crippen LogP contribution < -0.4 is 0 Å². The smallest absolute Gasteiger partial charge is 0.0608 e. The van der Waals surface area contributed by atoms with Gasteiger partial charge in [0.05, 0.1) is 12.2 Å². The van der Waals surface area contributed by atoms with Crippen molar-refractivity contribution < 1.29 is 10.2 Å². The average molecular weight is 403 g/mol. The molecule has 0 saturated heterocycles. The first-order valence-electron chi connectivity index (χ1n) is 12.7. The molecule has 0 heterocycles. The third kappa shape index (κ3) is 3.27. The van der Waals surface area contributed by atoms with E-state index in [0.717, 1.165) is 37.5 Å². The van der Waals surface area contributed by atoms with Crippen molar-refractivity contribution in [2.75, 3.05) is 0 Å². The zero-order valence-corrected chi connectivity index (χ0v) is 19.4. The molecule has 0 aromatic carbocycles. The maximum absolute atomic E-state index is 11.8. The first-order chi connectivity index (χ1) is 13.8. The second-order valence-corrected chi connectivity index (χ2v) is 12.0. The molecule has 29 heavy (non-hydrogen) atoms. The lowest BCUT2D eigenvalue weighted by molar-refractivity contribution is -0.202. The molecule has 4 saturated carbocycles. The molecule has 4 rings (SSSR count). The molecule has 0 spiro atoms. The van der Waals surface area contributed by atoms with Crippen molar-refractivity contribution in [1.29, 1.82) is 0 Å². The van der Waals surface area contributed by atoms with Gasteiger partial charge in [-0.25, -0.2) is 0 Å². The molecule has 166 valence electrons. The third-order valence-corrected chi connectivity index (χ3v) is 10.9. The van der Waals surface area contributed by atoms with E-state index in [-0.39, 0.29) is 23.5 Å². The molecule has 0 bridgehead atoms. The molecule has 0 aromatic rings. The van der Waals surface area contributed by atoms with Gasteiger partial charge in [-0.2, -0.15) is 0 Å². The number of aliphatic hydroxyl groups is 2. The molecule has 2 heteroatoms. The SMILES string of the molecule is C=CC[C@H]1[C@@H](O)[C@@H]2[C@H](CC[C@]3(C)[C@@H]([C@H](C)CCC)CC[C@@H]23)[C@@]2(C)CC[C@@H](O)C[C@@H]12. The highest BCUT2D eigenvalue weighted by molar-refractivity contribution is 5.14. The van der Waals surface area contributed by atoms with Crippen LogP contribution in [0.2, 0.25) is 0 Å². The van der Waals surface area contributed by atoms with Crippen molar-refractivity contribution in [2.24, 2.45) is 52.3 Å². The molecule has 0 amide bonds. The Hall–Kier alpha value is -0.340. The monoisotopic (exact) mass is 402 g/mol. The van der Waals surface area contributed by atoms with E-state index in [2.05, 4.69) is 34.3 Å². The Labute approximate surface area is 179 Å². The summed E-state index contributed by atoms with van der Waals surface area (Å²) in [5.74, 6) is 4.13. The van der Waals surface area contributed by atoms with Gasteiger partial charge in [-0.15, -0.1) is 6.58 Å². The summed E-state index contributed by atoms with van der Waals surface area (Å²) < 4.78 is 0. The van der Waals surface area contributed by atoms with Gasteiger partial charge in [0, 0.05) is 0 Å². The Morgan fingerprint density at radius 1 is 1.00 bits per heavy atom. The van der Waals surface area contributed by atoms with Crippen molar-refractivity contribution >= 4 is 0 Å². The molecule has 0 radical (unpaired) electrons. The second-order valence-electron chi connectivity index (χ2n) is 12.0. The molecule has 0 aliphatic heterocycles. The number of hydrogen-bond acceptors (Lipinski definition) is 2. The van der Waals surface area contributed by atoms with Gasteiger partial charge in [-0.1, -0.05) is 46.6 Å². The van der Waals surface area contributed by atoms with Gasteiger partial charge in [0.2, 0.25) is 0 Å². The lowest BCUT2D eigenvalue weighted by atomic mass is 9.41. The standard InChI is InChI=1S/C27H46O2/c1-6-8-17(3)20-10-11-21-24-22(13-15-26(20,21)4)27(5)14-12-18(28)16-23(27)19(9-7-2)25(24)29/h7,17-25,28-29H,2,6,8-16H2,1,3-5H3/t17-,18-,19-,20-,21+,22+,23+,24+,25-,26-,27-/m1/s1. The zero-order chi connectivity index (χ0) is 21.0. The van der Waals surface area contributed by atoms with Crippen LogP contribution in [0.25, 0.3) is 0 Å². The van der Waals surface area contributed by atoms with Gasteiger partial charge in [0.15, 0.2) is 0 Å². The molecular weight excluding hydrogens is 356 g/mol. The maximum Gasteiger partial charge on any atom is 0.0608 e. The number of hydrogen-bond donors (Lipinski definition) is 2. The third-order valence-electron chi connectivity index (χ3n) is 10.9. The Morgan fingerprint density at radius 2 is 1.69 bits per heavy atom. The van der Waals surface area contributed by atoms with Crippen LogP contribution in [0.15, 0.2) is 12.7 Å². The normalized spacial score (nSPS) is 52.9. The fourth-order valence-electron chi connectivity index (χ4n) is 9.56. The van der Waals surface area contributed by atoms with E-state index in [1.54, 1.807) is 0 Å². The lowest BCUT2D eigenvalue weighted by Crippen LogP contribution is -2.62. The van der Waals surface area contributed by atoms with Crippen LogP contribution in [0.1, 0.15) is 91.9 Å². The molecule has 4 aliphatic carbocycles. The molecule has 4 aliphatic rings. The molecule has 0 unspecified atom stereocenters. The van der Waals surface area contributed by atoms with Gasteiger partial charge < -0.3 is 10.2 Å². The number of aliphatic hydroxyl groups excluding tert-OH is 2. The Bertz CT molecular complexity index is 601. The van der Waals surface area contributed by atoms with Crippen LogP contribution in [0.3, 0.4) is 0 Å². The maximum atomic E-state index is 11.8. The number of allylic oxidation sites excluding steroid dienone is 1. The van der Waals surface area contributed by atoms with E-state index in [1.165, 1.54) is 38.5 Å². The van der Waals surface area contributed by atoms with E-state index >= 15 is 0 Å². The van der Waals surface area contributed by atoms with Gasteiger partial charge in [0.1, 0.15) is 0 Å². The molecule has 4 fully saturated rings. The molecule has 2 nitrogen and oxygen atoms in total. The lowest BCUT2D eigenvalue weighted by Gasteiger charge is -2.64. The van der Waals surface area contributed by atoms with Crippen molar-refractivity contribution in [3.05, 3.63) is 12.7 Å². The molecule has 0 aromatic heterocycles. The average Bonchev–Trinajstić information content (AvgIpc) is 3.03. The van der Waals surface area contributed by atoms with Crippen LogP contribution in [0, 0.1) is 52.3 Å². The summed E-state index contributed by atoms with van der Waals surface area (Å²) in [4.78, 5) is 0. The summed E-state index contributed by atoms with van der Waals surface area (Å²) in [5.41, 5.74) is 0.693. The quantitative estimate of drug-likeness (QED) is 0.536. The highest BCUT2D eigenvalue weighted by Crippen LogP contribution is 2.69. The summed E-state index contributed by atoms with van der Waals surface area (Å²) >= 11 is 0. The fourth-order valence-corrected chi connectivity index (χ4v) is 9.56. The van der Waals surface area contributed by atoms with Crippen LogP contribution in [-0.4, -0.2) is 22.4 Å². The summed E-state index contributed by atoms with van der Waals surface area (Å²) in [7, 11) is 0. The molecule has 11 atom stereocenters. The highest BCUT2D eigenvalue weighted by Gasteiger charge is 2.64. The first kappa shape index (κ1) is 21.9. The molecule has 2 N–H and O–H groups in total. The Balaban J connectivity index is 1.68. The minimum absolute atomic E-state index is 0.177. The van der Waals surface area contributed by atoms with Crippen molar-refractivity contribution in [1.82, 2.24) is 0 Å². The Kier molecular flexibility index (Phi) is 6.01. The van der Waals surface area contributed by atoms with Crippen LogP contribution >= 0.6 is 0 Å². The van der Waals surface area contributed by atoms with Crippen LogP contribution in [-0.2, 0) is 0 Å². The number of rotatable bonds is 5. The van der Waals surface area contributed by atoms with E-state index in [0.29, 0.717) is 29.1 Å². The van der Waals surface area contributed by atoms with Gasteiger partial charge >= 0.3 is 0 Å². The van der Waals surface area contributed by atoms with E-state index in [9.17, 15) is 10.2 Å². The highest BCUT2D eigenvalue weighted by atomic mass is 16.3. The van der Waals surface area contributed by atoms with Crippen LogP contribution in [0.5, 0.6) is 0 Å². The van der Waals surface area contributed by atoms with E-state index < -0.39 is 0 Å². The second kappa shape index (κ2) is 7.97. The predicted molar refractivity (Wildman–Crippen MR) is 120 cm³/mol. The zero-order valence-electron chi connectivity index (χ0n) is 19.4. The molecular formula is C27H46O2. The first-order valence-corrected chi connectivity index (χ1v) is 12.7. The van der Waals surface area contributed by atoms with E-state index in [1.807, 2.05) is 6.08 Å². The van der Waals surface area contributed by atoms with Crippen molar-refractivity contribution in [2.45, 2.75) is 104 Å². The minimum Gasteiger partial charge on any atom is -0.393 e. The predicted octanol–water partition coefficient (Wildman–Crippen LogP) is 6.22. The van der Waals surface area contributed by atoms with E-state index in [4.69, 9.17) is 0 Å². The Morgan fingerprint density at radius 3 is 2.38 bits per heavy atom.